The van der Waals surface area contributed by atoms with Gasteiger partial charge in [0, 0.05) is 0 Å². The number of carbonyl (C=O) groups is 1. The Bertz CT molecular complexity index is 442. The van der Waals surface area contributed by atoms with Crippen LogP contribution >= 0.6 is 0 Å². The number of hydrogen-bond acceptors (Lipinski definition) is 3. The summed E-state index contributed by atoms with van der Waals surface area (Å²) >= 11 is 0. The van der Waals surface area contributed by atoms with Crippen LogP contribution in [0.2, 0.25) is 0 Å². The van der Waals surface area contributed by atoms with E-state index in [-0.39, 0.29) is 11.3 Å². The van der Waals surface area contributed by atoms with Gasteiger partial charge in [0.15, 0.2) is 11.5 Å². The van der Waals surface area contributed by atoms with Crippen LogP contribution in [0, 0.1) is 6.92 Å². The van der Waals surface area contributed by atoms with Crippen LogP contribution in [0.4, 0.5) is 8.78 Å². The fourth-order valence-electron chi connectivity index (χ4n) is 1.32. The van der Waals surface area contributed by atoms with Crippen molar-refractivity contribution in [3.8, 4) is 11.5 Å². The van der Waals surface area contributed by atoms with E-state index in [1.54, 1.807) is 0 Å². The maximum atomic E-state index is 12.7. The van der Waals surface area contributed by atoms with Gasteiger partial charge in [0.25, 0.3) is 0 Å². The summed E-state index contributed by atoms with van der Waals surface area (Å²) in [7, 11) is 0. The molecule has 1 heterocycles. The quantitative estimate of drug-likeness (QED) is 0.780. The lowest BCUT2D eigenvalue weighted by Gasteiger charge is -2.05. The topological polar surface area (TPSA) is 55.8 Å². The average molecular weight is 216 g/mol. The highest BCUT2D eigenvalue weighted by Gasteiger charge is 2.46. The van der Waals surface area contributed by atoms with Crippen LogP contribution < -0.4 is 9.47 Å². The molecule has 1 N–H and O–H groups in total. The number of alkyl halides is 2. The van der Waals surface area contributed by atoms with Crippen LogP contribution in [0.15, 0.2) is 12.1 Å². The Morgan fingerprint density at radius 3 is 2.53 bits per heavy atom. The third kappa shape index (κ3) is 1.47. The summed E-state index contributed by atoms with van der Waals surface area (Å²) in [5.41, 5.74) is 0.0555. The summed E-state index contributed by atoms with van der Waals surface area (Å²) in [6.07, 6.45) is -3.79. The molecule has 1 aliphatic rings. The molecule has 0 aromatic heterocycles. The van der Waals surface area contributed by atoms with E-state index in [1.807, 2.05) is 0 Å². The molecule has 1 aromatic carbocycles. The Balaban J connectivity index is 2.60. The summed E-state index contributed by atoms with van der Waals surface area (Å²) < 4.78 is 33.8. The molecule has 15 heavy (non-hydrogen) atoms. The number of benzene rings is 1. The van der Waals surface area contributed by atoms with Crippen molar-refractivity contribution >= 4 is 5.97 Å². The molecule has 0 saturated carbocycles. The highest BCUT2D eigenvalue weighted by Crippen LogP contribution is 2.45. The van der Waals surface area contributed by atoms with Gasteiger partial charge in [0.2, 0.25) is 0 Å². The highest BCUT2D eigenvalue weighted by atomic mass is 19.3. The Hall–Kier alpha value is -1.85. The minimum atomic E-state index is -3.79. The number of fused-ring (bicyclic) bond motifs is 1. The first kappa shape index (κ1) is 9.70. The second-order valence-electron chi connectivity index (χ2n) is 3.06. The van der Waals surface area contributed by atoms with Gasteiger partial charge in [0.05, 0.1) is 0 Å². The molecule has 80 valence electrons. The average Bonchev–Trinajstić information content (AvgIpc) is 2.41. The van der Waals surface area contributed by atoms with Crippen LogP contribution in [0.25, 0.3) is 0 Å². The van der Waals surface area contributed by atoms with E-state index in [0.29, 0.717) is 5.56 Å². The van der Waals surface area contributed by atoms with Gasteiger partial charge in [-0.1, -0.05) is 6.07 Å². The van der Waals surface area contributed by atoms with Crippen LogP contribution in [0.5, 0.6) is 11.5 Å². The molecule has 6 heteroatoms. The number of rotatable bonds is 1. The third-order valence-electron chi connectivity index (χ3n) is 1.98. The van der Waals surface area contributed by atoms with Gasteiger partial charge in [-0.05, 0) is 18.6 Å². The molecule has 0 aliphatic carbocycles. The SMILES string of the molecule is Cc1ccc(C(=O)O)c2c1OC(F)(F)O2. The molecule has 0 unspecified atom stereocenters. The number of aryl methyl sites for hydroxylation is 1. The first-order valence-corrected chi connectivity index (χ1v) is 4.03. The van der Waals surface area contributed by atoms with Crippen molar-refractivity contribution in [3.63, 3.8) is 0 Å². The van der Waals surface area contributed by atoms with Crippen molar-refractivity contribution in [2.45, 2.75) is 13.2 Å². The van der Waals surface area contributed by atoms with Crippen LogP contribution in [-0.4, -0.2) is 17.4 Å². The number of carboxylic acids is 1. The minimum absolute atomic E-state index is 0.222. The van der Waals surface area contributed by atoms with Crippen molar-refractivity contribution < 1.29 is 28.2 Å². The molecule has 0 bridgehead atoms. The monoisotopic (exact) mass is 216 g/mol. The highest BCUT2D eigenvalue weighted by molar-refractivity contribution is 5.92. The molecular formula is C9H6F2O4. The molecule has 0 amide bonds. The molecule has 0 radical (unpaired) electrons. The smallest absolute Gasteiger partial charge is 0.478 e. The lowest BCUT2D eigenvalue weighted by molar-refractivity contribution is -0.287. The van der Waals surface area contributed by atoms with Crippen LogP contribution in [0.1, 0.15) is 15.9 Å². The van der Waals surface area contributed by atoms with Crippen molar-refractivity contribution in [1.29, 1.82) is 0 Å². The second kappa shape index (κ2) is 2.82. The zero-order valence-electron chi connectivity index (χ0n) is 7.58. The van der Waals surface area contributed by atoms with E-state index in [4.69, 9.17) is 5.11 Å². The molecular weight excluding hydrogens is 210 g/mol. The van der Waals surface area contributed by atoms with Crippen molar-refractivity contribution in [1.82, 2.24) is 0 Å². The number of ether oxygens (including phenoxy) is 2. The van der Waals surface area contributed by atoms with E-state index in [2.05, 4.69) is 9.47 Å². The van der Waals surface area contributed by atoms with Gasteiger partial charge in [-0.2, -0.15) is 0 Å². The molecule has 0 fully saturated rings. The van der Waals surface area contributed by atoms with Crippen LogP contribution in [-0.2, 0) is 0 Å². The van der Waals surface area contributed by atoms with Gasteiger partial charge in [0.1, 0.15) is 5.56 Å². The zero-order chi connectivity index (χ0) is 11.2. The number of carboxylic acid groups (broad SMARTS) is 1. The van der Waals surface area contributed by atoms with Crippen LogP contribution in [0.3, 0.4) is 0 Å². The number of halogens is 2. The predicted molar refractivity (Wildman–Crippen MR) is 44.3 cm³/mol. The number of aromatic carboxylic acids is 1. The summed E-state index contributed by atoms with van der Waals surface area (Å²) in [4.78, 5) is 10.7. The fourth-order valence-corrected chi connectivity index (χ4v) is 1.32. The first-order chi connectivity index (χ1) is 6.91. The van der Waals surface area contributed by atoms with Gasteiger partial charge in [-0.3, -0.25) is 0 Å². The molecule has 0 saturated heterocycles. The fraction of sp³-hybridized carbons (Fsp3) is 0.222. The Morgan fingerprint density at radius 1 is 1.33 bits per heavy atom. The predicted octanol–water partition coefficient (Wildman–Crippen LogP) is 2.01. The Labute approximate surface area is 83.0 Å². The van der Waals surface area contributed by atoms with E-state index >= 15 is 0 Å². The van der Waals surface area contributed by atoms with Gasteiger partial charge in [-0.25, -0.2) is 4.79 Å². The van der Waals surface area contributed by atoms with Crippen molar-refractivity contribution in [3.05, 3.63) is 23.3 Å². The Morgan fingerprint density at radius 2 is 1.93 bits per heavy atom. The van der Waals surface area contributed by atoms with E-state index < -0.39 is 18.0 Å². The maximum absolute atomic E-state index is 12.7. The Kier molecular flexibility index (Phi) is 1.82. The second-order valence-corrected chi connectivity index (χ2v) is 3.06. The molecule has 0 atom stereocenters. The van der Waals surface area contributed by atoms with E-state index in [9.17, 15) is 13.6 Å². The normalized spacial score (nSPS) is 16.5. The summed E-state index contributed by atoms with van der Waals surface area (Å²) in [6, 6.07) is 2.58. The van der Waals surface area contributed by atoms with E-state index in [0.717, 1.165) is 0 Å². The first-order valence-electron chi connectivity index (χ1n) is 4.03. The standard InChI is InChI=1S/C9H6F2O4/c1-4-2-3-5(8(12)13)7-6(4)14-9(10,11)15-7/h2-3H,1H3,(H,12,13). The van der Waals surface area contributed by atoms with Gasteiger partial charge >= 0.3 is 12.3 Å². The maximum Gasteiger partial charge on any atom is 0.586 e. The lowest BCUT2D eigenvalue weighted by Crippen LogP contribution is -2.26. The lowest BCUT2D eigenvalue weighted by atomic mass is 10.1. The van der Waals surface area contributed by atoms with Gasteiger partial charge < -0.3 is 14.6 Å². The molecule has 1 aromatic rings. The van der Waals surface area contributed by atoms with Gasteiger partial charge in [-0.15, -0.1) is 8.78 Å². The number of hydrogen-bond donors (Lipinski definition) is 1. The third-order valence-corrected chi connectivity index (χ3v) is 1.98. The molecule has 4 nitrogen and oxygen atoms in total. The summed E-state index contributed by atoms with van der Waals surface area (Å²) in [5, 5.41) is 8.73. The van der Waals surface area contributed by atoms with Crippen molar-refractivity contribution in [2.75, 3.05) is 0 Å². The minimum Gasteiger partial charge on any atom is -0.478 e. The summed E-state index contributed by atoms with van der Waals surface area (Å²) in [5.74, 6) is -1.99. The largest absolute Gasteiger partial charge is 0.586 e. The zero-order valence-corrected chi connectivity index (χ0v) is 7.58. The summed E-state index contributed by atoms with van der Waals surface area (Å²) in [6.45, 7) is 1.52. The van der Waals surface area contributed by atoms with E-state index in [1.165, 1.54) is 19.1 Å². The molecule has 1 aliphatic heterocycles. The molecule has 0 spiro atoms. The van der Waals surface area contributed by atoms with Crippen molar-refractivity contribution in [2.24, 2.45) is 0 Å². The molecule has 2 rings (SSSR count).